The van der Waals surface area contributed by atoms with Gasteiger partial charge in [-0.25, -0.2) is 9.53 Å². The zero-order valence-corrected chi connectivity index (χ0v) is 19.5. The Morgan fingerprint density at radius 3 is 2.38 bits per heavy atom. The van der Waals surface area contributed by atoms with Crippen LogP contribution in [0, 0.1) is 11.1 Å². The summed E-state index contributed by atoms with van der Waals surface area (Å²) in [6, 6.07) is 16.1. The minimum atomic E-state index is -0.436. The zero-order chi connectivity index (χ0) is 23.1. The van der Waals surface area contributed by atoms with Crippen molar-refractivity contribution in [3.05, 3.63) is 76.0 Å². The van der Waals surface area contributed by atoms with E-state index in [4.69, 9.17) is 9.47 Å². The van der Waals surface area contributed by atoms with Crippen molar-refractivity contribution in [1.82, 2.24) is 0 Å². The standard InChI is InChI=1S/C27H33NO4/c1-5-20(6-2)24-22-16-15-21(32-17-11-14-19-12-9-8-10-13-19)18-23(22)26(28(4)30)25(24)27(29)31-7-3/h8-10,12-13,15-16,18,20H,5-7,11,14,17H2,1-4H3/b28-26+. The van der Waals surface area contributed by atoms with Crippen LogP contribution in [0.3, 0.4) is 0 Å². The molecule has 2 aromatic rings. The molecule has 0 bridgehead atoms. The molecule has 5 heteroatoms. The summed E-state index contributed by atoms with van der Waals surface area (Å²) in [4.78, 5) is 12.9. The van der Waals surface area contributed by atoms with Crippen LogP contribution in [0.5, 0.6) is 5.75 Å². The minimum Gasteiger partial charge on any atom is -0.624 e. The van der Waals surface area contributed by atoms with Crippen molar-refractivity contribution in [2.45, 2.75) is 46.5 Å². The van der Waals surface area contributed by atoms with Gasteiger partial charge in [0.05, 0.1) is 18.8 Å². The fourth-order valence-electron chi connectivity index (χ4n) is 4.41. The lowest BCUT2D eigenvalue weighted by atomic mass is 9.88. The van der Waals surface area contributed by atoms with E-state index in [-0.39, 0.29) is 12.5 Å². The van der Waals surface area contributed by atoms with Crippen LogP contribution in [0.2, 0.25) is 0 Å². The Balaban J connectivity index is 1.88. The molecule has 0 spiro atoms. The lowest BCUT2D eigenvalue weighted by molar-refractivity contribution is -0.421. The normalized spacial score (nSPS) is 14.5. The third-order valence-corrected chi connectivity index (χ3v) is 5.95. The lowest BCUT2D eigenvalue weighted by Crippen LogP contribution is -2.22. The number of ether oxygens (including phenoxy) is 2. The Labute approximate surface area is 191 Å². The molecule has 0 fully saturated rings. The van der Waals surface area contributed by atoms with Crippen LogP contribution in [0.15, 0.2) is 54.1 Å². The molecule has 0 aliphatic heterocycles. The summed E-state index contributed by atoms with van der Waals surface area (Å²) in [7, 11) is 1.43. The number of hydroxylamine groups is 1. The summed E-state index contributed by atoms with van der Waals surface area (Å²) < 4.78 is 12.1. The first kappa shape index (κ1) is 23.6. The molecule has 0 N–H and O–H groups in total. The van der Waals surface area contributed by atoms with E-state index in [9.17, 15) is 10.0 Å². The number of carbonyl (C=O) groups excluding carboxylic acids is 1. The van der Waals surface area contributed by atoms with E-state index in [0.29, 0.717) is 23.6 Å². The van der Waals surface area contributed by atoms with E-state index in [0.717, 1.165) is 47.1 Å². The van der Waals surface area contributed by atoms with Gasteiger partial charge in [0.1, 0.15) is 18.4 Å². The molecule has 32 heavy (non-hydrogen) atoms. The second kappa shape index (κ2) is 11.0. The van der Waals surface area contributed by atoms with Gasteiger partial charge in [0.15, 0.2) is 0 Å². The molecule has 5 nitrogen and oxygen atoms in total. The molecule has 0 aromatic heterocycles. The highest BCUT2D eigenvalue weighted by atomic mass is 16.5. The smallest absolute Gasteiger partial charge is 0.345 e. The monoisotopic (exact) mass is 435 g/mol. The fourth-order valence-corrected chi connectivity index (χ4v) is 4.41. The summed E-state index contributed by atoms with van der Waals surface area (Å²) in [5.74, 6) is 0.432. The molecule has 0 unspecified atom stereocenters. The predicted octanol–water partition coefficient (Wildman–Crippen LogP) is 5.39. The minimum absolute atomic E-state index is 0.170. The topological polar surface area (TPSA) is 61.6 Å². The van der Waals surface area contributed by atoms with Gasteiger partial charge in [-0.05, 0) is 67.4 Å². The number of carbonyl (C=O) groups is 1. The largest absolute Gasteiger partial charge is 0.624 e. The van der Waals surface area contributed by atoms with Gasteiger partial charge in [0.2, 0.25) is 5.71 Å². The Hall–Kier alpha value is -3.08. The van der Waals surface area contributed by atoms with Gasteiger partial charge in [-0.15, -0.1) is 0 Å². The van der Waals surface area contributed by atoms with Crippen LogP contribution in [0.1, 0.15) is 56.7 Å². The van der Waals surface area contributed by atoms with Crippen LogP contribution in [-0.2, 0) is 16.0 Å². The fraction of sp³-hybridized carbons (Fsp3) is 0.407. The highest BCUT2D eigenvalue weighted by molar-refractivity contribution is 6.34. The van der Waals surface area contributed by atoms with Crippen LogP contribution < -0.4 is 4.74 Å². The van der Waals surface area contributed by atoms with E-state index < -0.39 is 5.97 Å². The van der Waals surface area contributed by atoms with Gasteiger partial charge in [-0.2, -0.15) is 0 Å². The van der Waals surface area contributed by atoms with Crippen molar-refractivity contribution < 1.29 is 19.0 Å². The van der Waals surface area contributed by atoms with Gasteiger partial charge in [0.25, 0.3) is 0 Å². The number of rotatable bonds is 10. The maximum absolute atomic E-state index is 12.9. The van der Waals surface area contributed by atoms with E-state index >= 15 is 0 Å². The molecule has 0 radical (unpaired) electrons. The molecule has 3 rings (SSSR count). The Bertz CT molecular complexity index is 1000. The summed E-state index contributed by atoms with van der Waals surface area (Å²) in [5.41, 5.74) is 4.64. The lowest BCUT2D eigenvalue weighted by Gasteiger charge is -2.17. The Kier molecular flexibility index (Phi) is 8.09. The third-order valence-electron chi connectivity index (χ3n) is 5.95. The number of esters is 1. The molecule has 0 saturated heterocycles. The van der Waals surface area contributed by atoms with Crippen molar-refractivity contribution in [3.63, 3.8) is 0 Å². The molecule has 2 aromatic carbocycles. The number of benzene rings is 2. The summed E-state index contributed by atoms with van der Waals surface area (Å²) in [5, 5.41) is 12.6. The van der Waals surface area contributed by atoms with Gasteiger partial charge >= 0.3 is 5.97 Å². The second-order valence-electron chi connectivity index (χ2n) is 8.01. The van der Waals surface area contributed by atoms with Crippen LogP contribution >= 0.6 is 0 Å². The zero-order valence-electron chi connectivity index (χ0n) is 19.5. The second-order valence-corrected chi connectivity index (χ2v) is 8.01. The molecule has 1 aliphatic carbocycles. The number of allylic oxidation sites excluding steroid dienone is 1. The maximum Gasteiger partial charge on any atom is 0.345 e. The van der Waals surface area contributed by atoms with Crippen molar-refractivity contribution in [3.8, 4) is 5.75 Å². The highest BCUT2D eigenvalue weighted by Crippen LogP contribution is 2.42. The molecular weight excluding hydrogens is 402 g/mol. The first-order chi connectivity index (χ1) is 15.5. The quantitative estimate of drug-likeness (QED) is 0.165. The Morgan fingerprint density at radius 2 is 1.75 bits per heavy atom. The van der Waals surface area contributed by atoms with E-state index in [1.807, 2.05) is 36.4 Å². The van der Waals surface area contributed by atoms with Gasteiger partial charge in [0, 0.05) is 0 Å². The third kappa shape index (κ3) is 5.04. The number of fused-ring (bicyclic) bond motifs is 1. The molecule has 1 aliphatic rings. The van der Waals surface area contributed by atoms with Crippen LogP contribution in [0.25, 0.3) is 5.57 Å². The summed E-state index contributed by atoms with van der Waals surface area (Å²) in [6.45, 7) is 6.83. The average molecular weight is 436 g/mol. The molecule has 170 valence electrons. The van der Waals surface area contributed by atoms with Gasteiger partial charge < -0.3 is 14.7 Å². The predicted molar refractivity (Wildman–Crippen MR) is 128 cm³/mol. The first-order valence-corrected chi connectivity index (χ1v) is 11.5. The van der Waals surface area contributed by atoms with Crippen LogP contribution in [-0.4, -0.2) is 36.7 Å². The number of hydrogen-bond donors (Lipinski definition) is 0. The number of aryl methyl sites for hydroxylation is 1. The molecule has 0 heterocycles. The average Bonchev–Trinajstić information content (AvgIpc) is 3.13. The van der Waals surface area contributed by atoms with Crippen LogP contribution in [0.4, 0.5) is 0 Å². The highest BCUT2D eigenvalue weighted by Gasteiger charge is 2.40. The molecular formula is C27H33NO4. The van der Waals surface area contributed by atoms with Crippen molar-refractivity contribution in [2.75, 3.05) is 20.3 Å². The first-order valence-electron chi connectivity index (χ1n) is 11.5. The number of hydrogen-bond acceptors (Lipinski definition) is 4. The molecule has 0 amide bonds. The maximum atomic E-state index is 12.9. The van der Waals surface area contributed by atoms with Gasteiger partial charge in [-0.3, -0.25) is 0 Å². The Morgan fingerprint density at radius 1 is 1.03 bits per heavy atom. The molecule has 0 atom stereocenters. The SMILES string of the molecule is CCOC(=O)C1=C(C(CC)CC)c2ccc(OCCCc3ccccc3)cc2/C1=[N+](/C)[O-]. The van der Waals surface area contributed by atoms with Gasteiger partial charge in [-0.1, -0.05) is 50.2 Å². The van der Waals surface area contributed by atoms with E-state index in [1.165, 1.54) is 12.6 Å². The molecule has 0 saturated carbocycles. The van der Waals surface area contributed by atoms with Crippen molar-refractivity contribution >= 4 is 17.3 Å². The summed E-state index contributed by atoms with van der Waals surface area (Å²) in [6.07, 6.45) is 3.59. The van der Waals surface area contributed by atoms with Crippen molar-refractivity contribution in [1.29, 1.82) is 0 Å². The van der Waals surface area contributed by atoms with Crippen molar-refractivity contribution in [2.24, 2.45) is 5.92 Å². The van der Waals surface area contributed by atoms with E-state index in [2.05, 4.69) is 26.0 Å². The van der Waals surface area contributed by atoms with E-state index in [1.54, 1.807) is 6.92 Å². The summed E-state index contributed by atoms with van der Waals surface area (Å²) >= 11 is 0. The number of nitrogens with zero attached hydrogens (tertiary/aromatic N) is 1.